The highest BCUT2D eigenvalue weighted by molar-refractivity contribution is 7.80. The van der Waals surface area contributed by atoms with Gasteiger partial charge in [-0.25, -0.2) is 9.97 Å². The first-order valence-corrected chi connectivity index (χ1v) is 10.6. The molecule has 2 aromatic heterocycles. The molecule has 0 spiro atoms. The molecule has 1 fully saturated rings. The first-order chi connectivity index (χ1) is 14.4. The van der Waals surface area contributed by atoms with Crippen molar-refractivity contribution in [3.8, 4) is 5.88 Å². The first-order valence-electron chi connectivity index (χ1n) is 10.2. The molecule has 1 saturated heterocycles. The van der Waals surface area contributed by atoms with Crippen LogP contribution < -0.4 is 4.90 Å². The molecule has 0 amide bonds. The number of aromatic nitrogens is 3. The van der Waals surface area contributed by atoms with Crippen molar-refractivity contribution in [1.29, 1.82) is 0 Å². The quantitative estimate of drug-likeness (QED) is 0.526. The van der Waals surface area contributed by atoms with Crippen LogP contribution in [0.4, 0.5) is 18.9 Å². The van der Waals surface area contributed by atoms with Crippen LogP contribution in [-0.2, 0) is 11.6 Å². The van der Waals surface area contributed by atoms with E-state index in [2.05, 4.69) is 39.4 Å². The van der Waals surface area contributed by atoms with Gasteiger partial charge in [0.2, 0.25) is 5.88 Å². The Morgan fingerprint density at radius 2 is 1.65 bits per heavy atom. The molecule has 6 nitrogen and oxygen atoms in total. The van der Waals surface area contributed by atoms with Crippen molar-refractivity contribution < 1.29 is 18.3 Å². The number of piperazine rings is 1. The number of halogens is 3. The smallest absolute Gasteiger partial charge is 0.433 e. The summed E-state index contributed by atoms with van der Waals surface area (Å²) >= 11 is 3.77. The van der Waals surface area contributed by atoms with Crippen molar-refractivity contribution in [3.63, 3.8) is 0 Å². The summed E-state index contributed by atoms with van der Waals surface area (Å²) in [7, 11) is 0. The molecule has 172 valence electrons. The van der Waals surface area contributed by atoms with Crippen molar-refractivity contribution in [3.05, 3.63) is 35.8 Å². The highest BCUT2D eigenvalue weighted by atomic mass is 32.1. The summed E-state index contributed by atoms with van der Waals surface area (Å²) in [5.41, 5.74) is -0.0948. The zero-order valence-electron chi connectivity index (χ0n) is 18.3. The topological polar surface area (TPSA) is 65.4 Å². The van der Waals surface area contributed by atoms with Gasteiger partial charge in [-0.15, -0.1) is 12.6 Å². The fourth-order valence-electron chi connectivity index (χ4n) is 3.11. The Labute approximate surface area is 186 Å². The molecule has 2 aromatic rings. The summed E-state index contributed by atoms with van der Waals surface area (Å²) in [5.74, 6) is -0.0509. The lowest BCUT2D eigenvalue weighted by molar-refractivity contribution is -0.141. The molecule has 0 aliphatic carbocycles. The molecular formula is C21H30F3N5OS. The Bertz CT molecular complexity index is 800. The second-order valence-electron chi connectivity index (χ2n) is 8.39. The van der Waals surface area contributed by atoms with E-state index in [1.165, 1.54) is 18.3 Å². The van der Waals surface area contributed by atoms with Gasteiger partial charge in [-0.2, -0.15) is 18.2 Å². The van der Waals surface area contributed by atoms with E-state index < -0.39 is 17.3 Å². The summed E-state index contributed by atoms with van der Waals surface area (Å²) < 4.78 is 39.5. The average molecular weight is 458 g/mol. The van der Waals surface area contributed by atoms with E-state index in [9.17, 15) is 13.2 Å². The number of pyridine rings is 1. The van der Waals surface area contributed by atoms with Gasteiger partial charge in [-0.1, -0.05) is 27.7 Å². The third-order valence-electron chi connectivity index (χ3n) is 4.77. The third-order valence-corrected chi connectivity index (χ3v) is 4.99. The molecule has 31 heavy (non-hydrogen) atoms. The number of anilines is 1. The Balaban J connectivity index is 0.000000357. The molecule has 0 unspecified atom stereocenters. The van der Waals surface area contributed by atoms with E-state index in [1.807, 2.05) is 31.7 Å². The Hall–Kier alpha value is -2.07. The van der Waals surface area contributed by atoms with Gasteiger partial charge in [0, 0.05) is 55.2 Å². The molecule has 0 saturated carbocycles. The van der Waals surface area contributed by atoms with E-state index >= 15 is 0 Å². The molecular weight excluding hydrogens is 427 g/mol. The molecule has 10 heteroatoms. The predicted octanol–water partition coefficient (Wildman–Crippen LogP) is 4.40. The van der Waals surface area contributed by atoms with Gasteiger partial charge in [-0.05, 0) is 25.1 Å². The maximum absolute atomic E-state index is 13.2. The molecule has 0 radical (unpaired) electrons. The van der Waals surface area contributed by atoms with E-state index in [0.717, 1.165) is 39.1 Å². The number of nitrogens with zero attached hydrogens (tertiary/aromatic N) is 5. The standard InChI is InChI=1S/C17H26F3N3.C4H4N2OS/c1-5-6-22-7-9-23(10-8-22)13-11-14(16(2,3)4)21-15(12-13)17(18,19)20;7-3-1-2-5-4(8)6-3/h11-12H,5-10H2,1-4H3;1-2H,(H2,5,6,7,8). The zero-order valence-corrected chi connectivity index (χ0v) is 19.2. The minimum atomic E-state index is -4.42. The monoisotopic (exact) mass is 457 g/mol. The van der Waals surface area contributed by atoms with Crippen molar-refractivity contribution in [1.82, 2.24) is 19.9 Å². The van der Waals surface area contributed by atoms with Crippen LogP contribution in [0.2, 0.25) is 0 Å². The highest BCUT2D eigenvalue weighted by Crippen LogP contribution is 2.34. The molecule has 0 bridgehead atoms. The summed E-state index contributed by atoms with van der Waals surface area (Å²) in [6.45, 7) is 12.1. The first kappa shape index (κ1) is 25.2. The molecule has 1 aliphatic rings. The lowest BCUT2D eigenvalue weighted by Gasteiger charge is -2.36. The largest absolute Gasteiger partial charge is 0.493 e. The Kier molecular flexibility index (Phi) is 8.53. The van der Waals surface area contributed by atoms with Gasteiger partial charge in [-0.3, -0.25) is 4.90 Å². The molecule has 1 N–H and O–H groups in total. The van der Waals surface area contributed by atoms with Gasteiger partial charge in [0.15, 0.2) is 5.16 Å². The number of rotatable bonds is 3. The second-order valence-corrected chi connectivity index (χ2v) is 8.79. The normalized spacial score (nSPS) is 15.4. The van der Waals surface area contributed by atoms with Crippen LogP contribution in [0.15, 0.2) is 29.6 Å². The molecule has 1 aliphatic heterocycles. The maximum atomic E-state index is 13.2. The van der Waals surface area contributed by atoms with Crippen LogP contribution in [0.5, 0.6) is 5.88 Å². The van der Waals surface area contributed by atoms with Crippen LogP contribution in [0, 0.1) is 0 Å². The number of aromatic hydroxyl groups is 1. The number of alkyl halides is 3. The van der Waals surface area contributed by atoms with Crippen LogP contribution in [0.25, 0.3) is 0 Å². The molecule has 0 atom stereocenters. The minimum Gasteiger partial charge on any atom is -0.493 e. The minimum absolute atomic E-state index is 0.0509. The molecule has 3 rings (SSSR count). The number of hydrogen-bond acceptors (Lipinski definition) is 7. The Morgan fingerprint density at radius 3 is 2.10 bits per heavy atom. The fraction of sp³-hybridized carbons (Fsp3) is 0.571. The SMILES string of the molecule is CCCN1CCN(c2cc(C(C)(C)C)nc(C(F)(F)F)c2)CC1.Oc1ccnc(S)n1. The van der Waals surface area contributed by atoms with Crippen molar-refractivity contribution in [2.45, 2.75) is 50.9 Å². The second kappa shape index (κ2) is 10.5. The van der Waals surface area contributed by atoms with E-state index in [1.54, 1.807) is 0 Å². The Morgan fingerprint density at radius 1 is 1.03 bits per heavy atom. The molecule has 0 aromatic carbocycles. The summed E-state index contributed by atoms with van der Waals surface area (Å²) in [4.78, 5) is 15.4. The summed E-state index contributed by atoms with van der Waals surface area (Å²) in [5, 5.41) is 8.90. The molecule has 3 heterocycles. The van der Waals surface area contributed by atoms with Crippen LogP contribution in [0.1, 0.15) is 45.5 Å². The van der Waals surface area contributed by atoms with E-state index in [-0.39, 0.29) is 11.0 Å². The van der Waals surface area contributed by atoms with Gasteiger partial charge in [0.05, 0.1) is 0 Å². The zero-order chi connectivity index (χ0) is 23.2. The van der Waals surface area contributed by atoms with Crippen LogP contribution in [-0.4, -0.2) is 57.7 Å². The average Bonchev–Trinajstić information content (AvgIpc) is 2.67. The van der Waals surface area contributed by atoms with Gasteiger partial charge >= 0.3 is 6.18 Å². The fourth-order valence-corrected chi connectivity index (χ4v) is 3.28. The third kappa shape index (κ3) is 7.84. The van der Waals surface area contributed by atoms with Crippen molar-refractivity contribution in [2.24, 2.45) is 0 Å². The van der Waals surface area contributed by atoms with Crippen molar-refractivity contribution in [2.75, 3.05) is 37.6 Å². The van der Waals surface area contributed by atoms with Gasteiger partial charge < -0.3 is 10.0 Å². The summed E-state index contributed by atoms with van der Waals surface area (Å²) in [6.07, 6.45) is -1.88. The predicted molar refractivity (Wildman–Crippen MR) is 118 cm³/mol. The van der Waals surface area contributed by atoms with Crippen LogP contribution >= 0.6 is 12.6 Å². The summed E-state index contributed by atoms with van der Waals surface area (Å²) in [6, 6.07) is 4.38. The van der Waals surface area contributed by atoms with Crippen molar-refractivity contribution >= 4 is 18.3 Å². The van der Waals surface area contributed by atoms with Gasteiger partial charge in [0.25, 0.3) is 0 Å². The number of hydrogen-bond donors (Lipinski definition) is 2. The van der Waals surface area contributed by atoms with E-state index in [0.29, 0.717) is 11.4 Å². The number of thiol groups is 1. The highest BCUT2D eigenvalue weighted by Gasteiger charge is 2.35. The van der Waals surface area contributed by atoms with Crippen LogP contribution in [0.3, 0.4) is 0 Å². The maximum Gasteiger partial charge on any atom is 0.433 e. The van der Waals surface area contributed by atoms with Gasteiger partial charge in [0.1, 0.15) is 5.69 Å². The lowest BCUT2D eigenvalue weighted by Crippen LogP contribution is -2.46. The lowest BCUT2D eigenvalue weighted by atomic mass is 9.91. The van der Waals surface area contributed by atoms with E-state index in [4.69, 9.17) is 5.11 Å².